The third-order valence-corrected chi connectivity index (χ3v) is 4.86. The van der Waals surface area contributed by atoms with Gasteiger partial charge in [-0.2, -0.15) is 0 Å². The molecule has 1 aromatic rings. The van der Waals surface area contributed by atoms with E-state index in [4.69, 9.17) is 9.47 Å². The average molecular weight is 378 g/mol. The Kier molecular flexibility index (Phi) is 4.25. The van der Waals surface area contributed by atoms with Crippen molar-refractivity contribution in [2.24, 2.45) is 0 Å². The second kappa shape index (κ2) is 6.60. The van der Waals surface area contributed by atoms with Crippen molar-refractivity contribution in [3.8, 4) is 0 Å². The number of carbonyl (C=O) groups excluding carboxylic acids is 3. The van der Waals surface area contributed by atoms with Crippen LogP contribution >= 0.6 is 0 Å². The van der Waals surface area contributed by atoms with E-state index in [1.165, 1.54) is 17.9 Å². The molecule has 1 unspecified atom stereocenters. The molecule has 3 amide bonds. The van der Waals surface area contributed by atoms with E-state index >= 15 is 0 Å². The Morgan fingerprint density at radius 3 is 2.81 bits per heavy atom. The molecule has 3 saturated heterocycles. The van der Waals surface area contributed by atoms with Crippen molar-refractivity contribution in [2.45, 2.75) is 25.2 Å². The fourth-order valence-electron chi connectivity index (χ4n) is 3.57. The van der Waals surface area contributed by atoms with Crippen LogP contribution in [-0.2, 0) is 14.3 Å². The standard InChI is InChI=1S/C17H19FN4O5/c1-9(23)19-5-11-6-22(17(25)26-11)10-2-3-14(12(18)4-10)21-7-13-15(8-21)27-16(24)20-13/h2-4,11,13,15H,5-8H2,1H3,(H,19,23)(H,20,24)/t11?,13-,15+/m1/s1. The van der Waals surface area contributed by atoms with Crippen molar-refractivity contribution in [1.29, 1.82) is 0 Å². The van der Waals surface area contributed by atoms with Crippen LogP contribution in [-0.4, -0.2) is 62.5 Å². The third-order valence-electron chi connectivity index (χ3n) is 4.86. The summed E-state index contributed by atoms with van der Waals surface area (Å²) in [7, 11) is 0. The van der Waals surface area contributed by atoms with Crippen molar-refractivity contribution >= 4 is 29.5 Å². The SMILES string of the molecule is CC(=O)NCC1CN(c2ccc(N3C[C@@H]4OC(=O)N[C@@H]4C3)c(F)c2)C(=O)O1. The molecule has 0 saturated carbocycles. The molecule has 4 rings (SSSR count). The number of rotatable bonds is 4. The Bertz CT molecular complexity index is 788. The quantitative estimate of drug-likeness (QED) is 0.795. The highest BCUT2D eigenvalue weighted by Crippen LogP contribution is 2.31. The first-order valence-electron chi connectivity index (χ1n) is 8.65. The molecular formula is C17H19FN4O5. The van der Waals surface area contributed by atoms with E-state index in [2.05, 4.69) is 10.6 Å². The number of nitrogens with one attached hydrogen (secondary N) is 2. The monoisotopic (exact) mass is 378 g/mol. The Hall–Kier alpha value is -3.04. The Morgan fingerprint density at radius 2 is 2.11 bits per heavy atom. The van der Waals surface area contributed by atoms with E-state index in [1.807, 2.05) is 0 Å². The van der Waals surface area contributed by atoms with Gasteiger partial charge < -0.3 is 25.0 Å². The number of hydrogen-bond donors (Lipinski definition) is 2. The predicted molar refractivity (Wildman–Crippen MR) is 92.1 cm³/mol. The summed E-state index contributed by atoms with van der Waals surface area (Å²) in [6, 6.07) is 4.38. The maximum Gasteiger partial charge on any atom is 0.414 e. The minimum atomic E-state index is -0.579. The molecule has 27 heavy (non-hydrogen) atoms. The van der Waals surface area contributed by atoms with E-state index in [1.54, 1.807) is 17.0 Å². The predicted octanol–water partition coefficient (Wildman–Crippen LogP) is 0.584. The molecular weight excluding hydrogens is 359 g/mol. The fourth-order valence-corrected chi connectivity index (χ4v) is 3.57. The first kappa shape index (κ1) is 17.4. The summed E-state index contributed by atoms with van der Waals surface area (Å²) in [5.74, 6) is -0.688. The van der Waals surface area contributed by atoms with Crippen LogP contribution in [0.1, 0.15) is 6.92 Å². The number of halogens is 1. The summed E-state index contributed by atoms with van der Waals surface area (Å²) in [4.78, 5) is 37.4. The first-order chi connectivity index (χ1) is 12.9. The molecule has 0 aromatic heterocycles. The highest BCUT2D eigenvalue weighted by molar-refractivity contribution is 5.90. The lowest BCUT2D eigenvalue weighted by molar-refractivity contribution is -0.119. The number of nitrogens with zero attached hydrogens (tertiary/aromatic N) is 2. The molecule has 0 aliphatic carbocycles. The van der Waals surface area contributed by atoms with Gasteiger partial charge in [-0.3, -0.25) is 9.69 Å². The molecule has 144 valence electrons. The van der Waals surface area contributed by atoms with Gasteiger partial charge in [-0.15, -0.1) is 0 Å². The van der Waals surface area contributed by atoms with Gasteiger partial charge in [0.1, 0.15) is 18.0 Å². The van der Waals surface area contributed by atoms with Crippen LogP contribution in [0, 0.1) is 5.82 Å². The van der Waals surface area contributed by atoms with Gasteiger partial charge in [0, 0.05) is 13.5 Å². The van der Waals surface area contributed by atoms with Crippen LogP contribution in [0.4, 0.5) is 25.4 Å². The zero-order valence-corrected chi connectivity index (χ0v) is 14.6. The molecule has 0 radical (unpaired) electrons. The number of cyclic esters (lactones) is 1. The topological polar surface area (TPSA) is 100 Å². The van der Waals surface area contributed by atoms with Crippen molar-refractivity contribution in [2.75, 3.05) is 36.0 Å². The molecule has 2 N–H and O–H groups in total. The summed E-state index contributed by atoms with van der Waals surface area (Å²) in [5.41, 5.74) is 0.767. The van der Waals surface area contributed by atoms with E-state index < -0.39 is 24.1 Å². The smallest absolute Gasteiger partial charge is 0.414 e. The lowest BCUT2D eigenvalue weighted by Crippen LogP contribution is -2.33. The van der Waals surface area contributed by atoms with Crippen LogP contribution in [0.25, 0.3) is 0 Å². The summed E-state index contributed by atoms with van der Waals surface area (Å²) in [5, 5.41) is 5.29. The van der Waals surface area contributed by atoms with Crippen molar-refractivity contribution in [3.05, 3.63) is 24.0 Å². The van der Waals surface area contributed by atoms with Gasteiger partial charge in [0.25, 0.3) is 0 Å². The highest BCUT2D eigenvalue weighted by Gasteiger charge is 2.42. The summed E-state index contributed by atoms with van der Waals surface area (Å²) in [6.45, 7) is 2.68. The molecule has 3 atom stereocenters. The Balaban J connectivity index is 1.44. The number of benzene rings is 1. The van der Waals surface area contributed by atoms with Crippen LogP contribution in [0.3, 0.4) is 0 Å². The van der Waals surface area contributed by atoms with Gasteiger partial charge in [0.2, 0.25) is 5.91 Å². The van der Waals surface area contributed by atoms with Crippen LogP contribution in [0.15, 0.2) is 18.2 Å². The van der Waals surface area contributed by atoms with Crippen LogP contribution in [0.2, 0.25) is 0 Å². The van der Waals surface area contributed by atoms with Gasteiger partial charge in [-0.25, -0.2) is 14.0 Å². The largest absolute Gasteiger partial charge is 0.442 e. The zero-order chi connectivity index (χ0) is 19.1. The molecule has 3 heterocycles. The number of amides is 3. The van der Waals surface area contributed by atoms with E-state index in [-0.39, 0.29) is 31.1 Å². The molecule has 3 aliphatic rings. The maximum atomic E-state index is 14.7. The number of hydrogen-bond acceptors (Lipinski definition) is 6. The van der Waals surface area contributed by atoms with E-state index in [0.29, 0.717) is 24.5 Å². The number of alkyl carbamates (subject to hydrolysis) is 1. The number of carbonyl (C=O) groups is 3. The van der Waals surface area contributed by atoms with Gasteiger partial charge in [0.05, 0.1) is 37.1 Å². The molecule has 1 aromatic carbocycles. The van der Waals surface area contributed by atoms with Gasteiger partial charge in [-0.05, 0) is 18.2 Å². The number of ether oxygens (including phenoxy) is 2. The normalized spacial score (nSPS) is 26.5. The third kappa shape index (κ3) is 3.34. The molecule has 9 nitrogen and oxygen atoms in total. The molecule has 0 bridgehead atoms. The number of anilines is 2. The second-order valence-electron chi connectivity index (χ2n) is 6.79. The van der Waals surface area contributed by atoms with Gasteiger partial charge >= 0.3 is 12.2 Å². The molecule has 3 fully saturated rings. The summed E-state index contributed by atoms with van der Waals surface area (Å²) < 4.78 is 25.0. The molecule has 3 aliphatic heterocycles. The first-order valence-corrected chi connectivity index (χ1v) is 8.65. The fraction of sp³-hybridized carbons (Fsp3) is 0.471. The lowest BCUT2D eigenvalue weighted by atomic mass is 10.2. The maximum absolute atomic E-state index is 14.7. The average Bonchev–Trinajstić information content (AvgIpc) is 3.25. The van der Waals surface area contributed by atoms with Gasteiger partial charge in [0.15, 0.2) is 0 Å². The van der Waals surface area contributed by atoms with Crippen LogP contribution in [0.5, 0.6) is 0 Å². The van der Waals surface area contributed by atoms with E-state index in [9.17, 15) is 18.8 Å². The minimum absolute atomic E-state index is 0.153. The Labute approximate surface area is 154 Å². The minimum Gasteiger partial charge on any atom is -0.442 e. The van der Waals surface area contributed by atoms with Crippen molar-refractivity contribution < 1.29 is 28.2 Å². The van der Waals surface area contributed by atoms with Gasteiger partial charge in [-0.1, -0.05) is 0 Å². The van der Waals surface area contributed by atoms with Crippen molar-refractivity contribution in [3.63, 3.8) is 0 Å². The summed E-state index contributed by atoms with van der Waals surface area (Å²) >= 11 is 0. The molecule has 0 spiro atoms. The summed E-state index contributed by atoms with van der Waals surface area (Å²) in [6.07, 6.45) is -1.80. The Morgan fingerprint density at radius 1 is 1.30 bits per heavy atom. The zero-order valence-electron chi connectivity index (χ0n) is 14.6. The van der Waals surface area contributed by atoms with E-state index in [0.717, 1.165) is 0 Å². The lowest BCUT2D eigenvalue weighted by Gasteiger charge is -2.21. The van der Waals surface area contributed by atoms with Crippen LogP contribution < -0.4 is 20.4 Å². The molecule has 10 heteroatoms. The second-order valence-corrected chi connectivity index (χ2v) is 6.79. The number of fused-ring (bicyclic) bond motifs is 1. The highest BCUT2D eigenvalue weighted by atomic mass is 19.1. The van der Waals surface area contributed by atoms with Crippen molar-refractivity contribution in [1.82, 2.24) is 10.6 Å².